The molecule has 0 N–H and O–H groups in total. The van der Waals surface area contributed by atoms with Crippen LogP contribution < -0.4 is 0 Å². The maximum Gasteiger partial charge on any atom is 0.0991 e. The summed E-state index contributed by atoms with van der Waals surface area (Å²) < 4.78 is 0. The molecule has 10 aromatic carbocycles. The topological polar surface area (TPSA) is 23.8 Å². The molecule has 0 aliphatic rings. The average Bonchev–Trinajstić information content (AvgIpc) is 3.19. The second-order valence-electron chi connectivity index (χ2n) is 13.2. The highest BCUT2D eigenvalue weighted by atomic mass is 14.2. The van der Waals surface area contributed by atoms with Crippen LogP contribution in [0.4, 0.5) is 0 Å². The number of nitriles is 1. The van der Waals surface area contributed by atoms with E-state index in [9.17, 15) is 5.26 Å². The first kappa shape index (κ1) is 28.3. The van der Waals surface area contributed by atoms with Crippen molar-refractivity contribution >= 4 is 64.6 Å². The van der Waals surface area contributed by atoms with Gasteiger partial charge in [0.1, 0.15) is 0 Å². The lowest BCUT2D eigenvalue weighted by molar-refractivity contribution is 1.48. The first-order chi connectivity index (χ1) is 24.7. The highest BCUT2D eigenvalue weighted by Crippen LogP contribution is 2.43. The van der Waals surface area contributed by atoms with Crippen molar-refractivity contribution in [1.29, 1.82) is 5.26 Å². The van der Waals surface area contributed by atoms with Gasteiger partial charge in [0.15, 0.2) is 0 Å². The van der Waals surface area contributed by atoms with Crippen molar-refractivity contribution in [3.8, 4) is 39.4 Å². The van der Waals surface area contributed by atoms with E-state index in [1.54, 1.807) is 0 Å². The van der Waals surface area contributed by atoms with E-state index in [2.05, 4.69) is 170 Å². The third kappa shape index (κ3) is 4.40. The van der Waals surface area contributed by atoms with Crippen LogP contribution in [0.3, 0.4) is 0 Å². The largest absolute Gasteiger partial charge is 0.192 e. The van der Waals surface area contributed by atoms with E-state index in [1.807, 2.05) is 12.1 Å². The molecule has 0 bridgehead atoms. The molecule has 0 aromatic heterocycles. The van der Waals surface area contributed by atoms with E-state index in [0.717, 1.165) is 22.3 Å². The first-order valence-corrected chi connectivity index (χ1v) is 17.1. The molecule has 0 saturated carbocycles. The standard InChI is InChI=1S/C49H29N/c50-30-31-17-19-32(20-18-31)37-25-38(46-28-35-23-21-33-9-1-3-11-40(33)48(35)44-15-7-5-13-42(44)46)27-39(26-37)47-29-36-24-22-34-10-2-4-12-41(34)49(36)45-16-8-6-14-43(45)47/h1-29H. The van der Waals surface area contributed by atoms with Crippen molar-refractivity contribution in [2.75, 3.05) is 0 Å². The molecule has 10 rings (SSSR count). The number of benzene rings is 10. The van der Waals surface area contributed by atoms with Gasteiger partial charge >= 0.3 is 0 Å². The predicted molar refractivity (Wildman–Crippen MR) is 213 cm³/mol. The average molecular weight is 632 g/mol. The molecule has 0 heterocycles. The van der Waals surface area contributed by atoms with Gasteiger partial charge < -0.3 is 0 Å². The fraction of sp³-hybridized carbons (Fsp3) is 0. The van der Waals surface area contributed by atoms with Gasteiger partial charge in [-0.05, 0) is 140 Å². The van der Waals surface area contributed by atoms with Crippen LogP contribution in [0.2, 0.25) is 0 Å². The van der Waals surface area contributed by atoms with Crippen molar-refractivity contribution in [3.05, 3.63) is 181 Å². The Morgan fingerprint density at radius 3 is 1.18 bits per heavy atom. The van der Waals surface area contributed by atoms with Gasteiger partial charge in [-0.15, -0.1) is 0 Å². The first-order valence-electron chi connectivity index (χ1n) is 17.1. The number of rotatable bonds is 3. The molecule has 1 heteroatoms. The predicted octanol–water partition coefficient (Wildman–Crippen LogP) is 13.5. The second kappa shape index (κ2) is 11.2. The Balaban J connectivity index is 1.29. The highest BCUT2D eigenvalue weighted by Gasteiger charge is 2.16. The van der Waals surface area contributed by atoms with E-state index in [-0.39, 0.29) is 0 Å². The SMILES string of the molecule is N#Cc1ccc(-c2cc(-c3cc4ccc5ccccc5c4c4ccccc34)cc(-c3cc4ccc5ccccc5c4c4ccccc34)c2)cc1. The Bertz CT molecular complexity index is 2860. The lowest BCUT2D eigenvalue weighted by Crippen LogP contribution is -1.91. The van der Waals surface area contributed by atoms with Crippen molar-refractivity contribution in [2.45, 2.75) is 0 Å². The number of hydrogen-bond donors (Lipinski definition) is 0. The van der Waals surface area contributed by atoms with Crippen molar-refractivity contribution < 1.29 is 0 Å². The molecule has 0 fully saturated rings. The van der Waals surface area contributed by atoms with Crippen LogP contribution in [-0.2, 0) is 0 Å². The van der Waals surface area contributed by atoms with E-state index in [0.29, 0.717) is 5.56 Å². The van der Waals surface area contributed by atoms with Gasteiger partial charge in [0.2, 0.25) is 0 Å². The van der Waals surface area contributed by atoms with Crippen molar-refractivity contribution in [3.63, 3.8) is 0 Å². The molecule has 0 radical (unpaired) electrons. The van der Waals surface area contributed by atoms with Gasteiger partial charge in [-0.1, -0.05) is 133 Å². The Morgan fingerprint density at radius 2 is 0.700 bits per heavy atom. The van der Waals surface area contributed by atoms with E-state index in [4.69, 9.17) is 0 Å². The Morgan fingerprint density at radius 1 is 0.300 bits per heavy atom. The van der Waals surface area contributed by atoms with Crippen LogP contribution in [-0.4, -0.2) is 0 Å². The summed E-state index contributed by atoms with van der Waals surface area (Å²) in [5, 5.41) is 24.6. The zero-order chi connectivity index (χ0) is 33.2. The number of nitrogens with zero attached hydrogens (tertiary/aromatic N) is 1. The van der Waals surface area contributed by atoms with Crippen LogP contribution in [0.15, 0.2) is 176 Å². The van der Waals surface area contributed by atoms with Crippen LogP contribution in [0.5, 0.6) is 0 Å². The zero-order valence-electron chi connectivity index (χ0n) is 27.2. The molecule has 0 aliphatic heterocycles. The number of hydrogen-bond acceptors (Lipinski definition) is 1. The smallest absolute Gasteiger partial charge is 0.0991 e. The maximum absolute atomic E-state index is 9.54. The van der Waals surface area contributed by atoms with Gasteiger partial charge in [0.05, 0.1) is 11.6 Å². The van der Waals surface area contributed by atoms with E-state index >= 15 is 0 Å². The molecular formula is C49H29N. The fourth-order valence-corrected chi connectivity index (χ4v) is 8.08. The molecule has 50 heavy (non-hydrogen) atoms. The molecule has 0 amide bonds. The van der Waals surface area contributed by atoms with Gasteiger partial charge in [-0.2, -0.15) is 5.26 Å². The molecule has 0 aliphatic carbocycles. The minimum Gasteiger partial charge on any atom is -0.192 e. The van der Waals surface area contributed by atoms with Crippen LogP contribution in [0, 0.1) is 11.3 Å². The third-order valence-corrected chi connectivity index (χ3v) is 10.4. The highest BCUT2D eigenvalue weighted by molar-refractivity contribution is 6.25. The van der Waals surface area contributed by atoms with Crippen LogP contribution in [0.1, 0.15) is 5.56 Å². The Labute approximate surface area is 289 Å². The monoisotopic (exact) mass is 631 g/mol. The van der Waals surface area contributed by atoms with Crippen molar-refractivity contribution in [1.82, 2.24) is 0 Å². The minimum absolute atomic E-state index is 0.658. The van der Waals surface area contributed by atoms with E-state index in [1.165, 1.54) is 75.8 Å². The van der Waals surface area contributed by atoms with Crippen LogP contribution in [0.25, 0.3) is 98.0 Å². The molecule has 10 aromatic rings. The molecule has 1 nitrogen and oxygen atoms in total. The van der Waals surface area contributed by atoms with Gasteiger partial charge in [0, 0.05) is 0 Å². The van der Waals surface area contributed by atoms with Crippen molar-refractivity contribution in [2.24, 2.45) is 0 Å². The van der Waals surface area contributed by atoms with Gasteiger partial charge in [-0.3, -0.25) is 0 Å². The number of fused-ring (bicyclic) bond motifs is 10. The summed E-state index contributed by atoms with van der Waals surface area (Å²) >= 11 is 0. The molecule has 0 saturated heterocycles. The summed E-state index contributed by atoms with van der Waals surface area (Å²) in [5.41, 5.74) is 7.59. The normalized spacial score (nSPS) is 11.6. The summed E-state index contributed by atoms with van der Waals surface area (Å²) in [5.74, 6) is 0. The third-order valence-electron chi connectivity index (χ3n) is 10.4. The van der Waals surface area contributed by atoms with Crippen LogP contribution >= 0.6 is 0 Å². The van der Waals surface area contributed by atoms with Gasteiger partial charge in [0.25, 0.3) is 0 Å². The minimum atomic E-state index is 0.658. The molecule has 0 atom stereocenters. The summed E-state index contributed by atoms with van der Waals surface area (Å²) in [7, 11) is 0. The molecule has 230 valence electrons. The molecule has 0 unspecified atom stereocenters. The summed E-state index contributed by atoms with van der Waals surface area (Å²) in [4.78, 5) is 0. The summed E-state index contributed by atoms with van der Waals surface area (Å²) in [6, 6.07) is 66.0. The summed E-state index contributed by atoms with van der Waals surface area (Å²) in [6.45, 7) is 0. The Kier molecular flexibility index (Phi) is 6.31. The quantitative estimate of drug-likeness (QED) is 0.178. The molecule has 0 spiro atoms. The fourth-order valence-electron chi connectivity index (χ4n) is 8.08. The zero-order valence-corrected chi connectivity index (χ0v) is 27.2. The van der Waals surface area contributed by atoms with E-state index < -0.39 is 0 Å². The lowest BCUT2D eigenvalue weighted by atomic mass is 9.86. The summed E-state index contributed by atoms with van der Waals surface area (Å²) in [6.07, 6.45) is 0. The molecular weight excluding hydrogens is 603 g/mol. The van der Waals surface area contributed by atoms with Gasteiger partial charge in [-0.25, -0.2) is 0 Å². The maximum atomic E-state index is 9.54. The Hall–Kier alpha value is -6.75. The second-order valence-corrected chi connectivity index (χ2v) is 13.2. The lowest BCUT2D eigenvalue weighted by Gasteiger charge is -2.17.